The average molecular weight is 271 g/mol. The fourth-order valence-electron chi connectivity index (χ4n) is 2.41. The van der Waals surface area contributed by atoms with Crippen molar-refractivity contribution in [1.29, 1.82) is 0 Å². The summed E-state index contributed by atoms with van der Waals surface area (Å²) in [7, 11) is 1.76. The van der Waals surface area contributed by atoms with Crippen LogP contribution in [0.25, 0.3) is 0 Å². The van der Waals surface area contributed by atoms with Gasteiger partial charge in [-0.25, -0.2) is 4.98 Å². The van der Waals surface area contributed by atoms with E-state index in [-0.39, 0.29) is 5.28 Å². The highest BCUT2D eigenvalue weighted by molar-refractivity contribution is 6.28. The number of aryl methyl sites for hydroxylation is 1. The summed E-state index contributed by atoms with van der Waals surface area (Å²) in [6.45, 7) is 4.87. The normalized spacial score (nSPS) is 24.3. The number of nitrogens with zero attached hydrogens (tertiary/aromatic N) is 3. The molecule has 0 radical (unpaired) electrons. The van der Waals surface area contributed by atoms with Crippen LogP contribution in [-0.2, 0) is 4.74 Å². The molecule has 1 aliphatic heterocycles. The maximum Gasteiger partial charge on any atom is 0.224 e. The van der Waals surface area contributed by atoms with Gasteiger partial charge < -0.3 is 15.4 Å². The van der Waals surface area contributed by atoms with Crippen molar-refractivity contribution in [2.45, 2.75) is 38.8 Å². The first-order chi connectivity index (χ1) is 8.52. The molecule has 2 unspecified atom stereocenters. The standard InChI is InChI=1S/C12H19ClN4O/c1-7-6-9(18-3)4-5-17(7)11-10(14)8(2)15-12(13)16-11/h7,9H,4-6,14H2,1-3H3. The summed E-state index contributed by atoms with van der Waals surface area (Å²) in [5.41, 5.74) is 7.40. The van der Waals surface area contributed by atoms with Crippen molar-refractivity contribution < 1.29 is 4.74 Å². The molecule has 1 aliphatic rings. The Morgan fingerprint density at radius 1 is 1.44 bits per heavy atom. The number of halogens is 1. The van der Waals surface area contributed by atoms with Crippen molar-refractivity contribution in [3.05, 3.63) is 11.0 Å². The van der Waals surface area contributed by atoms with Crippen molar-refractivity contribution in [1.82, 2.24) is 9.97 Å². The number of hydrogen-bond acceptors (Lipinski definition) is 5. The Morgan fingerprint density at radius 3 is 2.78 bits per heavy atom. The maximum absolute atomic E-state index is 6.06. The summed E-state index contributed by atoms with van der Waals surface area (Å²) in [4.78, 5) is 10.5. The molecule has 0 amide bonds. The monoisotopic (exact) mass is 270 g/mol. The number of rotatable bonds is 2. The Bertz CT molecular complexity index is 440. The lowest BCUT2D eigenvalue weighted by Gasteiger charge is -2.38. The van der Waals surface area contributed by atoms with E-state index in [4.69, 9.17) is 22.1 Å². The summed E-state index contributed by atoms with van der Waals surface area (Å²) in [5, 5.41) is 0.248. The van der Waals surface area contributed by atoms with Gasteiger partial charge in [-0.15, -0.1) is 0 Å². The molecule has 2 N–H and O–H groups in total. The summed E-state index contributed by atoms with van der Waals surface area (Å²) in [6, 6.07) is 0.330. The largest absolute Gasteiger partial charge is 0.394 e. The van der Waals surface area contributed by atoms with Gasteiger partial charge in [0.1, 0.15) is 0 Å². The Morgan fingerprint density at radius 2 is 2.17 bits per heavy atom. The first kappa shape index (κ1) is 13.4. The minimum absolute atomic E-state index is 0.248. The Labute approximate surface area is 112 Å². The number of aromatic nitrogens is 2. The van der Waals surface area contributed by atoms with Crippen LogP contribution in [0.15, 0.2) is 0 Å². The number of hydrogen-bond donors (Lipinski definition) is 1. The van der Waals surface area contributed by atoms with Gasteiger partial charge in [-0.05, 0) is 38.3 Å². The lowest BCUT2D eigenvalue weighted by molar-refractivity contribution is 0.0720. The molecule has 1 aromatic rings. The summed E-state index contributed by atoms with van der Waals surface area (Å²) >= 11 is 5.92. The average Bonchev–Trinajstić information content (AvgIpc) is 2.34. The molecule has 1 saturated heterocycles. The van der Waals surface area contributed by atoms with E-state index in [1.165, 1.54) is 0 Å². The molecule has 18 heavy (non-hydrogen) atoms. The van der Waals surface area contributed by atoms with Gasteiger partial charge in [0, 0.05) is 19.7 Å². The molecule has 0 bridgehead atoms. The third kappa shape index (κ3) is 2.52. The molecule has 1 fully saturated rings. The van der Waals surface area contributed by atoms with Crippen molar-refractivity contribution in [2.24, 2.45) is 0 Å². The SMILES string of the molecule is COC1CCN(c2nc(Cl)nc(C)c2N)C(C)C1. The van der Waals surface area contributed by atoms with Gasteiger partial charge in [0.05, 0.1) is 17.5 Å². The second kappa shape index (κ2) is 5.28. The fourth-order valence-corrected chi connectivity index (χ4v) is 2.62. The van der Waals surface area contributed by atoms with E-state index < -0.39 is 0 Å². The Hall–Kier alpha value is -1.07. The molecule has 100 valence electrons. The van der Waals surface area contributed by atoms with Gasteiger partial charge in [0.2, 0.25) is 5.28 Å². The zero-order valence-electron chi connectivity index (χ0n) is 11.0. The first-order valence-electron chi connectivity index (χ1n) is 6.12. The highest BCUT2D eigenvalue weighted by Gasteiger charge is 2.28. The molecule has 5 nitrogen and oxygen atoms in total. The van der Waals surface area contributed by atoms with Crippen LogP contribution in [0.1, 0.15) is 25.5 Å². The highest BCUT2D eigenvalue weighted by atomic mass is 35.5. The summed E-state index contributed by atoms with van der Waals surface area (Å²) in [6.07, 6.45) is 2.26. The number of methoxy groups -OCH3 is 1. The fraction of sp³-hybridized carbons (Fsp3) is 0.667. The van der Waals surface area contributed by atoms with Gasteiger partial charge in [0.15, 0.2) is 5.82 Å². The quantitative estimate of drug-likeness (QED) is 0.833. The molecule has 0 spiro atoms. The molecular formula is C12H19ClN4O. The van der Waals surface area contributed by atoms with E-state index in [1.807, 2.05) is 6.92 Å². The molecule has 0 aliphatic carbocycles. The molecule has 2 atom stereocenters. The van der Waals surface area contributed by atoms with Gasteiger partial charge in [-0.2, -0.15) is 4.98 Å². The lowest BCUT2D eigenvalue weighted by Crippen LogP contribution is -2.44. The van der Waals surface area contributed by atoms with E-state index in [9.17, 15) is 0 Å². The molecule has 1 aromatic heterocycles. The zero-order chi connectivity index (χ0) is 13.3. The van der Waals surface area contributed by atoms with Gasteiger partial charge in [-0.3, -0.25) is 0 Å². The van der Waals surface area contributed by atoms with E-state index >= 15 is 0 Å². The number of anilines is 2. The molecule has 0 aromatic carbocycles. The van der Waals surface area contributed by atoms with E-state index in [0.717, 1.165) is 30.9 Å². The minimum atomic E-state index is 0.248. The van der Waals surface area contributed by atoms with E-state index in [2.05, 4.69) is 21.8 Å². The zero-order valence-corrected chi connectivity index (χ0v) is 11.7. The minimum Gasteiger partial charge on any atom is -0.394 e. The van der Waals surface area contributed by atoms with Crippen molar-refractivity contribution in [3.63, 3.8) is 0 Å². The van der Waals surface area contributed by atoms with Crippen LogP contribution in [0.2, 0.25) is 5.28 Å². The van der Waals surface area contributed by atoms with Crippen molar-refractivity contribution in [2.75, 3.05) is 24.3 Å². The van der Waals surface area contributed by atoms with Crippen LogP contribution in [0.3, 0.4) is 0 Å². The summed E-state index contributed by atoms with van der Waals surface area (Å²) < 4.78 is 5.41. The van der Waals surface area contributed by atoms with E-state index in [1.54, 1.807) is 7.11 Å². The number of piperidine rings is 1. The third-order valence-corrected chi connectivity index (χ3v) is 3.69. The highest BCUT2D eigenvalue weighted by Crippen LogP contribution is 2.30. The predicted molar refractivity (Wildman–Crippen MR) is 73.0 cm³/mol. The van der Waals surface area contributed by atoms with Crippen LogP contribution in [0, 0.1) is 6.92 Å². The smallest absolute Gasteiger partial charge is 0.224 e. The van der Waals surface area contributed by atoms with E-state index in [0.29, 0.717) is 17.8 Å². The summed E-state index contributed by atoms with van der Waals surface area (Å²) in [5.74, 6) is 0.745. The number of nitrogens with two attached hydrogens (primary N) is 1. The first-order valence-corrected chi connectivity index (χ1v) is 6.49. The maximum atomic E-state index is 6.06. The lowest BCUT2D eigenvalue weighted by atomic mass is 10.0. The second-order valence-corrected chi connectivity index (χ2v) is 5.08. The van der Waals surface area contributed by atoms with Crippen LogP contribution in [-0.4, -0.2) is 35.8 Å². The van der Waals surface area contributed by atoms with Crippen molar-refractivity contribution in [3.8, 4) is 0 Å². The van der Waals surface area contributed by atoms with Gasteiger partial charge in [-0.1, -0.05) is 0 Å². The predicted octanol–water partition coefficient (Wildman–Crippen LogP) is 2.02. The van der Waals surface area contributed by atoms with Gasteiger partial charge >= 0.3 is 0 Å². The molecule has 2 heterocycles. The van der Waals surface area contributed by atoms with Crippen LogP contribution in [0.4, 0.5) is 11.5 Å². The molecule has 6 heteroatoms. The van der Waals surface area contributed by atoms with Crippen molar-refractivity contribution >= 4 is 23.1 Å². The van der Waals surface area contributed by atoms with Gasteiger partial charge in [0.25, 0.3) is 0 Å². The molecule has 0 saturated carbocycles. The molecular weight excluding hydrogens is 252 g/mol. The Kier molecular flexibility index (Phi) is 3.92. The molecule has 2 rings (SSSR count). The Balaban J connectivity index is 2.27. The number of ether oxygens (including phenoxy) is 1. The van der Waals surface area contributed by atoms with Crippen LogP contribution in [0.5, 0.6) is 0 Å². The van der Waals surface area contributed by atoms with Crippen LogP contribution < -0.4 is 10.6 Å². The van der Waals surface area contributed by atoms with Crippen LogP contribution >= 0.6 is 11.6 Å². The third-order valence-electron chi connectivity index (χ3n) is 3.52. The second-order valence-electron chi connectivity index (χ2n) is 4.74. The topological polar surface area (TPSA) is 64.3 Å². The number of nitrogen functional groups attached to an aromatic ring is 1.